The maximum Gasteiger partial charge on any atom is 0.228 e. The zero-order valence-electron chi connectivity index (χ0n) is 18.6. The molecule has 0 atom stereocenters. The van der Waals surface area contributed by atoms with Crippen LogP contribution in [0.4, 0.5) is 5.69 Å². The van der Waals surface area contributed by atoms with E-state index in [2.05, 4.69) is 15.6 Å². The van der Waals surface area contributed by atoms with Crippen LogP contribution in [-0.2, 0) is 4.79 Å². The van der Waals surface area contributed by atoms with Crippen LogP contribution in [0.2, 0.25) is 10.0 Å². The van der Waals surface area contributed by atoms with Gasteiger partial charge in [-0.2, -0.15) is 0 Å². The lowest BCUT2D eigenvalue weighted by Gasteiger charge is -2.56. The highest BCUT2D eigenvalue weighted by molar-refractivity contribution is 7.80. The lowest BCUT2D eigenvalue weighted by Crippen LogP contribution is -2.48. The van der Waals surface area contributed by atoms with Crippen molar-refractivity contribution in [3.8, 4) is 11.5 Å². The Morgan fingerprint density at radius 3 is 2.44 bits per heavy atom. The number of halogens is 2. The van der Waals surface area contributed by atoms with Crippen molar-refractivity contribution >= 4 is 63.2 Å². The van der Waals surface area contributed by atoms with Crippen LogP contribution in [0.5, 0.6) is 0 Å². The third-order valence-electron chi connectivity index (χ3n) is 7.76. The van der Waals surface area contributed by atoms with E-state index in [1.165, 1.54) is 38.5 Å². The Morgan fingerprint density at radius 2 is 1.76 bits per heavy atom. The molecule has 4 aliphatic carbocycles. The molecular weight excluding hydrogens is 489 g/mol. The van der Waals surface area contributed by atoms with Crippen LogP contribution in [0.25, 0.3) is 22.6 Å². The number of amides is 1. The fourth-order valence-corrected chi connectivity index (χ4v) is 7.68. The number of oxazole rings is 1. The fourth-order valence-electron chi connectivity index (χ4n) is 6.96. The summed E-state index contributed by atoms with van der Waals surface area (Å²) < 4.78 is 5.86. The third kappa shape index (κ3) is 4.32. The zero-order chi connectivity index (χ0) is 23.4. The quantitative estimate of drug-likeness (QED) is 0.360. The summed E-state index contributed by atoms with van der Waals surface area (Å²) in [6.07, 6.45) is 8.30. The van der Waals surface area contributed by atoms with E-state index in [0.717, 1.165) is 23.4 Å². The maximum atomic E-state index is 12.9. The van der Waals surface area contributed by atoms with Crippen molar-refractivity contribution in [1.29, 1.82) is 0 Å². The first-order valence-electron chi connectivity index (χ1n) is 11.8. The summed E-state index contributed by atoms with van der Waals surface area (Å²) in [4.78, 5) is 17.4. The van der Waals surface area contributed by atoms with Crippen LogP contribution in [-0.4, -0.2) is 16.0 Å². The first kappa shape index (κ1) is 22.3. The highest BCUT2D eigenvalue weighted by Crippen LogP contribution is 2.61. The molecule has 1 aromatic heterocycles. The average molecular weight is 514 g/mol. The van der Waals surface area contributed by atoms with Gasteiger partial charge < -0.3 is 15.1 Å². The van der Waals surface area contributed by atoms with Gasteiger partial charge in [0.1, 0.15) is 5.52 Å². The van der Waals surface area contributed by atoms with Crippen molar-refractivity contribution in [2.24, 2.45) is 23.2 Å². The Balaban J connectivity index is 1.11. The Morgan fingerprint density at radius 1 is 1.06 bits per heavy atom. The molecule has 0 aliphatic heterocycles. The number of hydrogen-bond donors (Lipinski definition) is 2. The van der Waals surface area contributed by atoms with Crippen LogP contribution >= 0.6 is 35.4 Å². The molecule has 0 unspecified atom stereocenters. The third-order valence-corrected chi connectivity index (χ3v) is 8.51. The van der Waals surface area contributed by atoms with Gasteiger partial charge in [-0.25, -0.2) is 4.98 Å². The molecule has 4 fully saturated rings. The van der Waals surface area contributed by atoms with Crippen molar-refractivity contribution < 1.29 is 9.21 Å². The Kier molecular flexibility index (Phi) is 5.58. The van der Waals surface area contributed by atoms with E-state index in [1.807, 2.05) is 18.2 Å². The number of nitrogens with one attached hydrogen (secondary N) is 2. The molecule has 176 valence electrons. The van der Waals surface area contributed by atoms with Gasteiger partial charge in [-0.05, 0) is 110 Å². The van der Waals surface area contributed by atoms with Crippen LogP contribution in [0.1, 0.15) is 44.9 Å². The average Bonchev–Trinajstić information content (AvgIpc) is 3.15. The van der Waals surface area contributed by atoms with Crippen LogP contribution < -0.4 is 10.6 Å². The highest BCUT2D eigenvalue weighted by atomic mass is 35.5. The highest BCUT2D eigenvalue weighted by Gasteiger charge is 2.51. The molecular formula is C26H25Cl2N3O2S. The Hall–Kier alpha value is -2.15. The Labute approximate surface area is 213 Å². The predicted octanol–water partition coefficient (Wildman–Crippen LogP) is 7.22. The smallest absolute Gasteiger partial charge is 0.228 e. The van der Waals surface area contributed by atoms with Gasteiger partial charge in [-0.3, -0.25) is 4.79 Å². The number of thiocarbonyl (C=S) groups is 1. The van der Waals surface area contributed by atoms with Crippen molar-refractivity contribution in [3.05, 3.63) is 46.4 Å². The van der Waals surface area contributed by atoms with Crippen molar-refractivity contribution in [3.63, 3.8) is 0 Å². The summed E-state index contributed by atoms with van der Waals surface area (Å²) in [6, 6.07) is 10.7. The van der Waals surface area contributed by atoms with Crippen LogP contribution in [0.3, 0.4) is 0 Å². The molecule has 1 heterocycles. The minimum absolute atomic E-state index is 0.0154. The van der Waals surface area contributed by atoms with E-state index >= 15 is 0 Å². The molecule has 7 rings (SSSR count). The predicted molar refractivity (Wildman–Crippen MR) is 139 cm³/mol. The molecule has 2 aromatic carbocycles. The molecule has 3 aromatic rings. The van der Waals surface area contributed by atoms with Gasteiger partial charge >= 0.3 is 0 Å². The standard InChI is InChI=1S/C26H25Cl2N3O2S/c27-17-1-3-19(20(28)8-17)24-30-21-9-18(2-4-22(21)33-24)29-25(34)31-23(32)13-26-10-14-5-15(11-26)7-16(6-14)12-26/h1-4,8-9,14-16H,5-7,10-13H2,(H2,29,31,32,34). The van der Waals surface area contributed by atoms with Gasteiger partial charge in [0.25, 0.3) is 0 Å². The van der Waals surface area contributed by atoms with Gasteiger partial charge in [-0.1, -0.05) is 23.2 Å². The fraction of sp³-hybridized carbons (Fsp3) is 0.423. The normalized spacial score (nSPS) is 27.2. The Bertz CT molecular complexity index is 1270. The lowest BCUT2D eigenvalue weighted by atomic mass is 9.49. The maximum absolute atomic E-state index is 12.9. The summed E-state index contributed by atoms with van der Waals surface area (Å²) >= 11 is 17.7. The van der Waals surface area contributed by atoms with E-state index in [0.29, 0.717) is 44.1 Å². The number of nitrogens with zero attached hydrogens (tertiary/aromatic N) is 1. The number of carbonyl (C=O) groups is 1. The molecule has 2 N–H and O–H groups in total. The summed E-state index contributed by atoms with van der Waals surface area (Å²) in [5, 5.41) is 7.35. The first-order chi connectivity index (χ1) is 16.3. The molecule has 34 heavy (non-hydrogen) atoms. The van der Waals surface area contributed by atoms with E-state index in [1.54, 1.807) is 18.2 Å². The number of benzene rings is 2. The second-order valence-electron chi connectivity index (χ2n) is 10.4. The monoisotopic (exact) mass is 513 g/mol. The van der Waals surface area contributed by atoms with Gasteiger partial charge in [0.15, 0.2) is 10.7 Å². The minimum atomic E-state index is 0.0154. The molecule has 4 aliphatic rings. The topological polar surface area (TPSA) is 67.2 Å². The number of rotatable bonds is 4. The first-order valence-corrected chi connectivity index (χ1v) is 13.0. The van der Waals surface area contributed by atoms with Gasteiger partial charge in [0.05, 0.1) is 10.6 Å². The molecule has 0 radical (unpaired) electrons. The summed E-state index contributed by atoms with van der Waals surface area (Å²) in [5.41, 5.74) is 2.88. The summed E-state index contributed by atoms with van der Waals surface area (Å²) in [7, 11) is 0. The van der Waals surface area contributed by atoms with E-state index in [9.17, 15) is 4.79 Å². The molecule has 4 saturated carbocycles. The van der Waals surface area contributed by atoms with Crippen LogP contribution in [0, 0.1) is 23.2 Å². The molecule has 5 nitrogen and oxygen atoms in total. The van der Waals surface area contributed by atoms with E-state index in [-0.39, 0.29) is 11.3 Å². The summed E-state index contributed by atoms with van der Waals surface area (Å²) in [6.45, 7) is 0. The minimum Gasteiger partial charge on any atom is -0.436 e. The van der Waals surface area contributed by atoms with Gasteiger partial charge in [-0.15, -0.1) is 0 Å². The van der Waals surface area contributed by atoms with Crippen LogP contribution in [0.15, 0.2) is 40.8 Å². The number of fused-ring (bicyclic) bond motifs is 1. The van der Waals surface area contributed by atoms with Crippen molar-refractivity contribution in [2.75, 3.05) is 5.32 Å². The number of carbonyl (C=O) groups excluding carboxylic acids is 1. The van der Waals surface area contributed by atoms with Crippen molar-refractivity contribution in [2.45, 2.75) is 44.9 Å². The number of hydrogen-bond acceptors (Lipinski definition) is 4. The van der Waals surface area contributed by atoms with E-state index < -0.39 is 0 Å². The van der Waals surface area contributed by atoms with Gasteiger partial charge in [0.2, 0.25) is 11.8 Å². The number of anilines is 1. The van der Waals surface area contributed by atoms with Crippen molar-refractivity contribution in [1.82, 2.24) is 10.3 Å². The molecule has 8 heteroatoms. The lowest BCUT2D eigenvalue weighted by molar-refractivity contribution is -0.127. The van der Waals surface area contributed by atoms with E-state index in [4.69, 9.17) is 39.8 Å². The molecule has 1 amide bonds. The number of aromatic nitrogens is 1. The summed E-state index contributed by atoms with van der Waals surface area (Å²) in [5.74, 6) is 2.91. The van der Waals surface area contributed by atoms with Gasteiger partial charge in [0, 0.05) is 17.1 Å². The molecule has 0 saturated heterocycles. The zero-order valence-corrected chi connectivity index (χ0v) is 20.9. The largest absolute Gasteiger partial charge is 0.436 e. The SMILES string of the molecule is O=C(CC12CC3CC(CC(C3)C1)C2)NC(=S)Nc1ccc2oc(-c3ccc(Cl)cc3Cl)nc2c1. The second kappa shape index (κ2) is 8.51. The second-order valence-corrected chi connectivity index (χ2v) is 11.7. The molecule has 0 spiro atoms. The molecule has 4 bridgehead atoms.